The molecule has 7 nitrogen and oxygen atoms in total. The van der Waals surface area contributed by atoms with Crippen molar-refractivity contribution >= 4 is 23.0 Å². The van der Waals surface area contributed by atoms with Crippen LogP contribution < -0.4 is 5.32 Å². The molecule has 0 atom stereocenters. The van der Waals surface area contributed by atoms with Gasteiger partial charge in [0.05, 0.1) is 24.7 Å². The number of hydrogen-bond donors (Lipinski definition) is 4. The van der Waals surface area contributed by atoms with Crippen LogP contribution in [0.15, 0.2) is 18.2 Å². The third-order valence-electron chi connectivity index (χ3n) is 2.48. The lowest BCUT2D eigenvalue weighted by Crippen LogP contribution is -2.49. The number of nitro benzene ring substituents is 1. The van der Waals surface area contributed by atoms with Crippen LogP contribution in [0.1, 0.15) is 0 Å². The van der Waals surface area contributed by atoms with Crippen molar-refractivity contribution in [2.75, 3.05) is 25.1 Å². The van der Waals surface area contributed by atoms with Gasteiger partial charge in [-0.05, 0) is 12.1 Å². The fourth-order valence-electron chi connectivity index (χ4n) is 1.36. The number of nitrogens with one attached hydrogen (secondary N) is 1. The number of halogens is 1. The summed E-state index contributed by atoms with van der Waals surface area (Å²) in [5.74, 6) is 0. The Labute approximate surface area is 108 Å². The Bertz CT molecular complexity index is 428. The maximum absolute atomic E-state index is 10.9. The summed E-state index contributed by atoms with van der Waals surface area (Å²) in [6.45, 7) is -1.78. The third-order valence-corrected chi connectivity index (χ3v) is 2.78. The zero-order chi connectivity index (χ0) is 13.8. The van der Waals surface area contributed by atoms with Crippen LogP contribution in [0, 0.1) is 10.1 Å². The van der Waals surface area contributed by atoms with Gasteiger partial charge in [0.25, 0.3) is 0 Å². The molecule has 0 amide bonds. The Morgan fingerprint density at radius 1 is 1.28 bits per heavy atom. The first-order valence-corrected chi connectivity index (χ1v) is 5.41. The summed E-state index contributed by atoms with van der Waals surface area (Å²) in [5, 5.41) is 40.8. The Morgan fingerprint density at radius 3 is 2.28 bits per heavy atom. The monoisotopic (exact) mass is 276 g/mol. The van der Waals surface area contributed by atoms with Crippen molar-refractivity contribution in [1.29, 1.82) is 0 Å². The van der Waals surface area contributed by atoms with Crippen LogP contribution in [0.3, 0.4) is 0 Å². The minimum atomic E-state index is -1.45. The predicted molar refractivity (Wildman–Crippen MR) is 65.7 cm³/mol. The predicted octanol–water partition coefficient (Wildman–Crippen LogP) is 0.376. The van der Waals surface area contributed by atoms with Crippen LogP contribution in [0.2, 0.25) is 5.02 Å². The number of hydrogen-bond acceptors (Lipinski definition) is 6. The van der Waals surface area contributed by atoms with Gasteiger partial charge < -0.3 is 20.6 Å². The van der Waals surface area contributed by atoms with E-state index in [0.717, 1.165) is 0 Å². The molecule has 0 saturated carbocycles. The maximum Gasteiger partial charge on any atom is 0.310 e. The normalized spacial score (nSPS) is 11.3. The van der Waals surface area contributed by atoms with Gasteiger partial charge in [-0.25, -0.2) is 0 Å². The van der Waals surface area contributed by atoms with E-state index in [0.29, 0.717) is 0 Å². The molecule has 0 spiro atoms. The quantitative estimate of drug-likeness (QED) is 0.441. The number of para-hydroxylation sites is 1. The van der Waals surface area contributed by atoms with Crippen molar-refractivity contribution in [1.82, 2.24) is 0 Å². The van der Waals surface area contributed by atoms with Gasteiger partial charge in [-0.15, -0.1) is 0 Å². The van der Waals surface area contributed by atoms with E-state index in [1.165, 1.54) is 18.2 Å². The Morgan fingerprint density at radius 2 is 1.83 bits per heavy atom. The van der Waals surface area contributed by atoms with Crippen LogP contribution in [-0.2, 0) is 0 Å². The molecule has 4 N–H and O–H groups in total. The molecule has 18 heavy (non-hydrogen) atoms. The molecule has 8 heteroatoms. The molecule has 0 bridgehead atoms. The van der Waals surface area contributed by atoms with Crippen molar-refractivity contribution in [3.63, 3.8) is 0 Å². The summed E-state index contributed by atoms with van der Waals surface area (Å²) >= 11 is 5.71. The van der Waals surface area contributed by atoms with Gasteiger partial charge in [0.2, 0.25) is 0 Å². The number of benzene rings is 1. The second-order valence-electron chi connectivity index (χ2n) is 3.77. The molecule has 0 fully saturated rings. The molecule has 1 rings (SSSR count). The van der Waals surface area contributed by atoms with E-state index in [2.05, 4.69) is 5.32 Å². The minimum Gasteiger partial charge on any atom is -0.394 e. The molecule has 100 valence electrons. The standard InChI is InChI=1S/C10H13ClN2O5/c11-7-2-1-3-8(9(7)13(17)18)12-10(4-14,5-15)6-16/h1-3,12,14-16H,4-6H2. The second-order valence-corrected chi connectivity index (χ2v) is 4.18. The lowest BCUT2D eigenvalue weighted by Gasteiger charge is -2.29. The highest BCUT2D eigenvalue weighted by Gasteiger charge is 2.31. The number of nitro groups is 1. The average Bonchev–Trinajstić information content (AvgIpc) is 2.35. The summed E-state index contributed by atoms with van der Waals surface area (Å²) in [6, 6.07) is 4.21. The number of anilines is 1. The first-order chi connectivity index (χ1) is 8.49. The van der Waals surface area contributed by atoms with E-state index in [9.17, 15) is 10.1 Å². The summed E-state index contributed by atoms with van der Waals surface area (Å²) in [4.78, 5) is 10.2. The highest BCUT2D eigenvalue weighted by Crippen LogP contribution is 2.33. The van der Waals surface area contributed by atoms with Gasteiger partial charge in [0.15, 0.2) is 0 Å². The van der Waals surface area contributed by atoms with Crippen molar-refractivity contribution < 1.29 is 20.2 Å². The van der Waals surface area contributed by atoms with E-state index in [-0.39, 0.29) is 16.4 Å². The Kier molecular flexibility index (Phi) is 4.85. The molecule has 1 aromatic carbocycles. The molecule has 0 aliphatic carbocycles. The van der Waals surface area contributed by atoms with Crippen LogP contribution in [-0.4, -0.2) is 45.6 Å². The van der Waals surface area contributed by atoms with E-state index in [1.807, 2.05) is 0 Å². The summed E-state index contributed by atoms with van der Waals surface area (Å²) in [6.07, 6.45) is 0. The molecular weight excluding hydrogens is 264 g/mol. The molecular formula is C10H13ClN2O5. The number of rotatable bonds is 6. The third kappa shape index (κ3) is 2.88. The zero-order valence-electron chi connectivity index (χ0n) is 9.34. The van der Waals surface area contributed by atoms with Gasteiger partial charge in [-0.3, -0.25) is 10.1 Å². The molecule has 0 heterocycles. The van der Waals surface area contributed by atoms with E-state index < -0.39 is 30.3 Å². The van der Waals surface area contributed by atoms with Crippen LogP contribution in [0.25, 0.3) is 0 Å². The highest BCUT2D eigenvalue weighted by molar-refractivity contribution is 6.33. The SMILES string of the molecule is O=[N+]([O-])c1c(Cl)cccc1NC(CO)(CO)CO. The van der Waals surface area contributed by atoms with Crippen molar-refractivity contribution in [3.8, 4) is 0 Å². The van der Waals surface area contributed by atoms with Gasteiger partial charge in [-0.1, -0.05) is 17.7 Å². The highest BCUT2D eigenvalue weighted by atomic mass is 35.5. The van der Waals surface area contributed by atoms with Gasteiger partial charge >= 0.3 is 5.69 Å². The molecule has 0 unspecified atom stereocenters. The Balaban J connectivity index is 3.18. The van der Waals surface area contributed by atoms with Crippen LogP contribution >= 0.6 is 11.6 Å². The number of aliphatic hydroxyl groups excluding tert-OH is 3. The summed E-state index contributed by atoms with van der Waals surface area (Å²) < 4.78 is 0. The number of aliphatic hydroxyl groups is 3. The van der Waals surface area contributed by atoms with Crippen molar-refractivity contribution in [3.05, 3.63) is 33.3 Å². The van der Waals surface area contributed by atoms with Crippen LogP contribution in [0.4, 0.5) is 11.4 Å². The first-order valence-electron chi connectivity index (χ1n) is 5.03. The van der Waals surface area contributed by atoms with E-state index in [1.54, 1.807) is 0 Å². The molecule has 0 saturated heterocycles. The van der Waals surface area contributed by atoms with Crippen molar-refractivity contribution in [2.45, 2.75) is 5.54 Å². The number of nitrogens with zero attached hydrogens (tertiary/aromatic N) is 1. The fraction of sp³-hybridized carbons (Fsp3) is 0.400. The Hall–Kier alpha value is -1.41. The molecule has 0 aliphatic heterocycles. The topological polar surface area (TPSA) is 116 Å². The fourth-order valence-corrected chi connectivity index (χ4v) is 1.60. The summed E-state index contributed by atoms with van der Waals surface area (Å²) in [7, 11) is 0. The van der Waals surface area contributed by atoms with Gasteiger partial charge in [-0.2, -0.15) is 0 Å². The maximum atomic E-state index is 10.9. The summed E-state index contributed by atoms with van der Waals surface area (Å²) in [5.41, 5.74) is -1.81. The van der Waals surface area contributed by atoms with E-state index >= 15 is 0 Å². The zero-order valence-corrected chi connectivity index (χ0v) is 10.1. The lowest BCUT2D eigenvalue weighted by atomic mass is 10.0. The molecule has 0 aliphatic rings. The van der Waals surface area contributed by atoms with Crippen molar-refractivity contribution in [2.24, 2.45) is 0 Å². The average molecular weight is 277 g/mol. The van der Waals surface area contributed by atoms with Gasteiger partial charge in [0.1, 0.15) is 16.2 Å². The smallest absolute Gasteiger partial charge is 0.310 e. The second kappa shape index (κ2) is 5.96. The first kappa shape index (κ1) is 14.7. The lowest BCUT2D eigenvalue weighted by molar-refractivity contribution is -0.383. The molecule has 0 radical (unpaired) electrons. The van der Waals surface area contributed by atoms with Gasteiger partial charge in [0, 0.05) is 0 Å². The minimum absolute atomic E-state index is 0.0182. The molecule has 1 aromatic rings. The van der Waals surface area contributed by atoms with E-state index in [4.69, 9.17) is 26.9 Å². The molecule has 0 aromatic heterocycles. The largest absolute Gasteiger partial charge is 0.394 e. The van der Waals surface area contributed by atoms with Crippen LogP contribution in [0.5, 0.6) is 0 Å².